The second kappa shape index (κ2) is 8.73. The number of aromatic nitrogens is 1. The van der Waals surface area contributed by atoms with E-state index < -0.39 is 0 Å². The smallest absolute Gasteiger partial charge is 0.307 e. The number of nitrogens with zero attached hydrogens (tertiary/aromatic N) is 4. The number of azo groups is 1. The molecule has 1 heterocycles. The number of methoxy groups -OCH3 is 1. The van der Waals surface area contributed by atoms with E-state index in [1.165, 1.54) is 24.2 Å². The monoisotopic (exact) mass is 382 g/mol. The number of benzene rings is 2. The first kappa shape index (κ1) is 19.0. The number of esters is 1. The standard InChI is InChI=1S/C20H22N4O2S/c1-4-24(12-11-19(25)26-3)16-8-6-15(7-9-16)21-22-20-17-13-14(2)5-10-18(17)23-27-20/h5-10,13H,4,11-12H2,1-3H3. The average molecular weight is 382 g/mol. The Labute approximate surface area is 162 Å². The third kappa shape index (κ3) is 4.68. The Kier molecular flexibility index (Phi) is 6.13. The summed E-state index contributed by atoms with van der Waals surface area (Å²) in [5.41, 5.74) is 3.94. The van der Waals surface area contributed by atoms with E-state index in [0.29, 0.717) is 13.0 Å². The fraction of sp³-hybridized carbons (Fsp3) is 0.300. The highest BCUT2D eigenvalue weighted by molar-refractivity contribution is 7.11. The molecule has 0 aliphatic rings. The van der Waals surface area contributed by atoms with E-state index in [0.717, 1.165) is 33.8 Å². The zero-order valence-corrected chi connectivity index (χ0v) is 16.5. The van der Waals surface area contributed by atoms with Crippen molar-refractivity contribution in [1.82, 2.24) is 4.37 Å². The van der Waals surface area contributed by atoms with E-state index in [1.807, 2.05) is 36.4 Å². The van der Waals surface area contributed by atoms with Crippen molar-refractivity contribution < 1.29 is 9.53 Å². The maximum Gasteiger partial charge on any atom is 0.307 e. The molecule has 1 aromatic heterocycles. The van der Waals surface area contributed by atoms with Crippen LogP contribution < -0.4 is 4.90 Å². The largest absolute Gasteiger partial charge is 0.469 e. The Morgan fingerprint density at radius 2 is 1.96 bits per heavy atom. The van der Waals surface area contributed by atoms with Crippen molar-refractivity contribution in [3.63, 3.8) is 0 Å². The van der Waals surface area contributed by atoms with Crippen LogP contribution in [0.1, 0.15) is 18.9 Å². The number of rotatable bonds is 7. The third-order valence-electron chi connectivity index (χ3n) is 4.28. The van der Waals surface area contributed by atoms with Crippen molar-refractivity contribution in [3.8, 4) is 0 Å². The molecule has 0 saturated heterocycles. The quantitative estimate of drug-likeness (QED) is 0.405. The van der Waals surface area contributed by atoms with Gasteiger partial charge in [-0.3, -0.25) is 4.79 Å². The lowest BCUT2D eigenvalue weighted by Gasteiger charge is -2.22. The molecule has 2 aromatic carbocycles. The van der Waals surface area contributed by atoms with Gasteiger partial charge in [-0.1, -0.05) is 11.6 Å². The van der Waals surface area contributed by atoms with Crippen LogP contribution in [0.5, 0.6) is 0 Å². The summed E-state index contributed by atoms with van der Waals surface area (Å²) in [6.07, 6.45) is 0.365. The number of hydrogen-bond donors (Lipinski definition) is 0. The van der Waals surface area contributed by atoms with Gasteiger partial charge in [0.15, 0.2) is 5.00 Å². The molecule has 0 atom stereocenters. The zero-order valence-electron chi connectivity index (χ0n) is 15.7. The Morgan fingerprint density at radius 1 is 1.19 bits per heavy atom. The van der Waals surface area contributed by atoms with Crippen molar-refractivity contribution in [1.29, 1.82) is 0 Å². The molecule has 0 bridgehead atoms. The summed E-state index contributed by atoms with van der Waals surface area (Å²) in [4.78, 5) is 13.5. The molecule has 6 nitrogen and oxygen atoms in total. The summed E-state index contributed by atoms with van der Waals surface area (Å²) in [6.45, 7) is 5.54. The van der Waals surface area contributed by atoms with Crippen LogP contribution in [0.15, 0.2) is 52.7 Å². The molecule has 0 N–H and O–H groups in total. The number of aryl methyl sites for hydroxylation is 1. The number of carbonyl (C=O) groups excluding carboxylic acids is 1. The highest BCUT2D eigenvalue weighted by atomic mass is 32.1. The lowest BCUT2D eigenvalue weighted by Crippen LogP contribution is -2.25. The average Bonchev–Trinajstić information content (AvgIpc) is 3.09. The molecule has 0 saturated carbocycles. The van der Waals surface area contributed by atoms with Crippen molar-refractivity contribution in [2.75, 3.05) is 25.1 Å². The van der Waals surface area contributed by atoms with E-state index in [2.05, 4.69) is 39.4 Å². The molecule has 0 unspecified atom stereocenters. The first-order valence-electron chi connectivity index (χ1n) is 8.80. The SMILES string of the molecule is CCN(CCC(=O)OC)c1ccc(N=Nc2snc3ccc(C)cc23)cc1. The molecular formula is C20H22N4O2S. The van der Waals surface area contributed by atoms with Gasteiger partial charge in [0.2, 0.25) is 0 Å². The molecule has 0 aliphatic heterocycles. The van der Waals surface area contributed by atoms with E-state index in [-0.39, 0.29) is 5.97 Å². The van der Waals surface area contributed by atoms with Gasteiger partial charge in [0.05, 0.1) is 24.7 Å². The van der Waals surface area contributed by atoms with Gasteiger partial charge in [-0.25, -0.2) is 0 Å². The van der Waals surface area contributed by atoms with E-state index >= 15 is 0 Å². The highest BCUT2D eigenvalue weighted by Crippen LogP contribution is 2.32. The third-order valence-corrected chi connectivity index (χ3v) is 5.04. The summed E-state index contributed by atoms with van der Waals surface area (Å²) < 4.78 is 9.11. The van der Waals surface area contributed by atoms with Gasteiger partial charge in [-0.2, -0.15) is 4.37 Å². The fourth-order valence-electron chi connectivity index (χ4n) is 2.75. The molecule has 0 aliphatic carbocycles. The van der Waals surface area contributed by atoms with Crippen LogP contribution in [0, 0.1) is 6.92 Å². The number of carbonyl (C=O) groups is 1. The maximum atomic E-state index is 11.3. The molecule has 27 heavy (non-hydrogen) atoms. The van der Waals surface area contributed by atoms with Crippen LogP contribution in [-0.4, -0.2) is 30.5 Å². The lowest BCUT2D eigenvalue weighted by molar-refractivity contribution is -0.140. The Balaban J connectivity index is 1.71. The van der Waals surface area contributed by atoms with Gasteiger partial charge in [0, 0.05) is 24.2 Å². The van der Waals surface area contributed by atoms with Gasteiger partial charge in [0.1, 0.15) is 0 Å². The molecule has 140 valence electrons. The van der Waals surface area contributed by atoms with Crippen LogP contribution in [0.2, 0.25) is 0 Å². The minimum Gasteiger partial charge on any atom is -0.469 e. The van der Waals surface area contributed by atoms with Gasteiger partial charge in [0.25, 0.3) is 0 Å². The highest BCUT2D eigenvalue weighted by Gasteiger charge is 2.08. The normalized spacial score (nSPS) is 11.2. The predicted octanol–water partition coefficient (Wildman–Crippen LogP) is 5.41. The second-order valence-electron chi connectivity index (χ2n) is 6.13. The van der Waals surface area contributed by atoms with Gasteiger partial charge in [-0.05, 0) is 61.8 Å². The molecular weight excluding hydrogens is 360 g/mol. The number of fused-ring (bicyclic) bond motifs is 1. The summed E-state index contributed by atoms with van der Waals surface area (Å²) in [5, 5.41) is 10.6. The second-order valence-corrected chi connectivity index (χ2v) is 6.88. The van der Waals surface area contributed by atoms with Crippen molar-refractivity contribution in [2.24, 2.45) is 10.2 Å². The number of ether oxygens (including phenoxy) is 1. The maximum absolute atomic E-state index is 11.3. The first-order valence-corrected chi connectivity index (χ1v) is 9.57. The Morgan fingerprint density at radius 3 is 2.67 bits per heavy atom. The molecule has 0 spiro atoms. The van der Waals surface area contributed by atoms with Gasteiger partial charge in [-0.15, -0.1) is 10.2 Å². The fourth-order valence-corrected chi connectivity index (χ4v) is 3.43. The molecule has 3 rings (SSSR count). The van der Waals surface area contributed by atoms with Crippen LogP contribution >= 0.6 is 11.5 Å². The molecule has 7 heteroatoms. The minimum atomic E-state index is -0.203. The van der Waals surface area contributed by atoms with E-state index in [1.54, 1.807) is 0 Å². The predicted molar refractivity (Wildman–Crippen MR) is 109 cm³/mol. The van der Waals surface area contributed by atoms with Crippen molar-refractivity contribution in [2.45, 2.75) is 20.3 Å². The number of anilines is 1. The topological polar surface area (TPSA) is 67.2 Å². The number of hydrogen-bond acceptors (Lipinski definition) is 7. The molecule has 0 amide bonds. The van der Waals surface area contributed by atoms with E-state index in [4.69, 9.17) is 4.74 Å². The Hall–Kier alpha value is -2.80. The molecule has 0 radical (unpaired) electrons. The van der Waals surface area contributed by atoms with Crippen LogP contribution in [0.3, 0.4) is 0 Å². The molecule has 3 aromatic rings. The minimum absolute atomic E-state index is 0.203. The summed E-state index contributed by atoms with van der Waals surface area (Å²) >= 11 is 1.35. The van der Waals surface area contributed by atoms with Crippen molar-refractivity contribution >= 4 is 44.8 Å². The van der Waals surface area contributed by atoms with E-state index in [9.17, 15) is 4.79 Å². The first-order chi connectivity index (χ1) is 13.1. The van der Waals surface area contributed by atoms with Gasteiger partial charge >= 0.3 is 5.97 Å². The van der Waals surface area contributed by atoms with Crippen LogP contribution in [-0.2, 0) is 9.53 Å². The summed E-state index contributed by atoms with van der Waals surface area (Å²) in [7, 11) is 1.41. The van der Waals surface area contributed by atoms with Crippen LogP contribution in [0.25, 0.3) is 10.9 Å². The lowest BCUT2D eigenvalue weighted by atomic mass is 10.2. The Bertz CT molecular complexity index is 950. The summed E-state index contributed by atoms with van der Waals surface area (Å²) in [5.74, 6) is -0.203. The molecule has 0 fully saturated rings. The summed E-state index contributed by atoms with van der Waals surface area (Å²) in [6, 6.07) is 14.0. The van der Waals surface area contributed by atoms with Crippen LogP contribution in [0.4, 0.5) is 16.4 Å². The van der Waals surface area contributed by atoms with Gasteiger partial charge < -0.3 is 9.64 Å². The zero-order chi connectivity index (χ0) is 19.2. The van der Waals surface area contributed by atoms with Crippen molar-refractivity contribution in [3.05, 3.63) is 48.0 Å².